The van der Waals surface area contributed by atoms with Crippen LogP contribution in [0.15, 0.2) is 46.9 Å². The van der Waals surface area contributed by atoms with Crippen LogP contribution >= 0.6 is 15.9 Å². The molecule has 0 N–H and O–H groups in total. The van der Waals surface area contributed by atoms with Crippen LogP contribution in [-0.4, -0.2) is 29.9 Å². The first-order chi connectivity index (χ1) is 11.9. The molecule has 6 nitrogen and oxygen atoms in total. The van der Waals surface area contributed by atoms with Gasteiger partial charge in [-0.1, -0.05) is 24.3 Å². The molecule has 0 spiro atoms. The largest absolute Gasteiger partial charge is 0.496 e. The quantitative estimate of drug-likeness (QED) is 0.515. The molecule has 0 bridgehead atoms. The number of nitro groups is 1. The average Bonchev–Trinajstić information content (AvgIpc) is 2.60. The number of nitro benzene ring substituents is 1. The van der Waals surface area contributed by atoms with Crippen LogP contribution in [0.5, 0.6) is 5.75 Å². The Morgan fingerprint density at radius 1 is 1.28 bits per heavy atom. The molecule has 0 aliphatic carbocycles. The molecular weight excluding hydrogens is 388 g/mol. The number of aryl methyl sites for hydroxylation is 1. The number of benzene rings is 2. The monoisotopic (exact) mass is 406 g/mol. The maximum Gasteiger partial charge on any atom is 0.274 e. The molecule has 2 aromatic carbocycles. The van der Waals surface area contributed by atoms with E-state index in [-0.39, 0.29) is 18.1 Å². The van der Waals surface area contributed by atoms with Gasteiger partial charge in [0.05, 0.1) is 23.1 Å². The van der Waals surface area contributed by atoms with Gasteiger partial charge in [-0.15, -0.1) is 0 Å². The zero-order valence-corrected chi connectivity index (χ0v) is 15.7. The smallest absolute Gasteiger partial charge is 0.274 e. The Labute approximate surface area is 154 Å². The molecule has 2 rings (SSSR count). The summed E-state index contributed by atoms with van der Waals surface area (Å²) in [4.78, 5) is 24.5. The highest BCUT2D eigenvalue weighted by molar-refractivity contribution is 9.10. The highest BCUT2D eigenvalue weighted by atomic mass is 79.9. The van der Waals surface area contributed by atoms with Gasteiger partial charge in [0.15, 0.2) is 0 Å². The van der Waals surface area contributed by atoms with Gasteiger partial charge in [-0.2, -0.15) is 0 Å². The molecule has 1 amide bonds. The highest BCUT2D eigenvalue weighted by Crippen LogP contribution is 2.26. The molecule has 0 aromatic heterocycles. The third kappa shape index (κ3) is 5.03. The highest BCUT2D eigenvalue weighted by Gasteiger charge is 2.17. The standard InChI is InChI=1S/C18H19BrN2O4/c1-20(12-14-5-3-4-6-16(14)21(23)24)18(22)10-8-13-7-9-17(25-2)15(19)11-13/h3-7,9,11H,8,10,12H2,1-2H3. The maximum absolute atomic E-state index is 12.3. The fourth-order valence-corrected chi connectivity index (χ4v) is 3.06. The molecule has 132 valence electrons. The van der Waals surface area contributed by atoms with Crippen molar-refractivity contribution < 1.29 is 14.5 Å². The first-order valence-electron chi connectivity index (χ1n) is 7.71. The summed E-state index contributed by atoms with van der Waals surface area (Å²) in [5.74, 6) is 0.675. The third-order valence-corrected chi connectivity index (χ3v) is 4.49. The molecule has 0 aliphatic rings. The minimum atomic E-state index is -0.428. The van der Waals surface area contributed by atoms with Crippen molar-refractivity contribution in [3.05, 3.63) is 68.2 Å². The molecule has 0 aliphatic heterocycles. The lowest BCUT2D eigenvalue weighted by atomic mass is 10.1. The zero-order chi connectivity index (χ0) is 18.4. The fourth-order valence-electron chi connectivity index (χ4n) is 2.47. The summed E-state index contributed by atoms with van der Waals surface area (Å²) in [5, 5.41) is 11.1. The van der Waals surface area contributed by atoms with Crippen LogP contribution in [0.25, 0.3) is 0 Å². The van der Waals surface area contributed by atoms with Crippen LogP contribution in [0.1, 0.15) is 17.5 Å². The molecule has 25 heavy (non-hydrogen) atoms. The number of rotatable bonds is 7. The van der Waals surface area contributed by atoms with E-state index in [1.54, 1.807) is 32.4 Å². The second-order valence-corrected chi connectivity index (χ2v) is 6.46. The zero-order valence-electron chi connectivity index (χ0n) is 14.1. The number of hydrogen-bond acceptors (Lipinski definition) is 4. The summed E-state index contributed by atoms with van der Waals surface area (Å²) in [6, 6.07) is 12.2. The third-order valence-electron chi connectivity index (χ3n) is 3.87. The summed E-state index contributed by atoms with van der Waals surface area (Å²) in [5.41, 5.74) is 1.57. The van der Waals surface area contributed by atoms with Gasteiger partial charge in [0.1, 0.15) is 5.75 Å². The van der Waals surface area contributed by atoms with E-state index in [0.29, 0.717) is 18.4 Å². The molecule has 2 aromatic rings. The number of para-hydroxylation sites is 1. The summed E-state index contributed by atoms with van der Waals surface area (Å²) in [7, 11) is 3.25. The van der Waals surface area contributed by atoms with Crippen LogP contribution < -0.4 is 4.74 Å². The number of methoxy groups -OCH3 is 1. The van der Waals surface area contributed by atoms with Crippen molar-refractivity contribution in [1.29, 1.82) is 0 Å². The van der Waals surface area contributed by atoms with Gasteiger partial charge >= 0.3 is 0 Å². The Morgan fingerprint density at radius 2 is 2.00 bits per heavy atom. The second-order valence-electron chi connectivity index (χ2n) is 5.60. The lowest BCUT2D eigenvalue weighted by molar-refractivity contribution is -0.385. The van der Waals surface area contributed by atoms with Gasteiger partial charge < -0.3 is 9.64 Å². The summed E-state index contributed by atoms with van der Waals surface area (Å²) in [6.45, 7) is 0.211. The Hall–Kier alpha value is -2.41. The van der Waals surface area contributed by atoms with Crippen molar-refractivity contribution in [2.24, 2.45) is 0 Å². The molecule has 0 saturated heterocycles. The van der Waals surface area contributed by atoms with Crippen molar-refractivity contribution >= 4 is 27.5 Å². The lowest BCUT2D eigenvalue weighted by Crippen LogP contribution is -2.26. The van der Waals surface area contributed by atoms with Gasteiger partial charge in [0, 0.05) is 25.1 Å². The minimum absolute atomic E-state index is 0.0289. The first-order valence-corrected chi connectivity index (χ1v) is 8.50. The average molecular weight is 407 g/mol. The van der Waals surface area contributed by atoms with Crippen LogP contribution in [0.3, 0.4) is 0 Å². The normalized spacial score (nSPS) is 10.4. The van der Waals surface area contributed by atoms with E-state index in [0.717, 1.165) is 15.8 Å². The number of halogens is 1. The summed E-state index contributed by atoms with van der Waals surface area (Å²) in [6.07, 6.45) is 0.915. The van der Waals surface area contributed by atoms with Crippen LogP contribution in [-0.2, 0) is 17.8 Å². The van der Waals surface area contributed by atoms with Crippen molar-refractivity contribution in [2.45, 2.75) is 19.4 Å². The molecular formula is C18H19BrN2O4. The van der Waals surface area contributed by atoms with E-state index in [9.17, 15) is 14.9 Å². The van der Waals surface area contributed by atoms with Gasteiger partial charge in [0.2, 0.25) is 5.91 Å². The molecule has 0 radical (unpaired) electrons. The first kappa shape index (κ1) is 18.9. The Balaban J connectivity index is 1.97. The predicted molar refractivity (Wildman–Crippen MR) is 98.6 cm³/mol. The summed E-state index contributed by atoms with van der Waals surface area (Å²) >= 11 is 3.42. The Bertz CT molecular complexity index is 779. The molecule has 0 unspecified atom stereocenters. The van der Waals surface area contributed by atoms with Gasteiger partial charge in [0.25, 0.3) is 5.69 Å². The van der Waals surface area contributed by atoms with Crippen LogP contribution in [0.2, 0.25) is 0 Å². The molecule has 0 fully saturated rings. The maximum atomic E-state index is 12.3. The Morgan fingerprint density at radius 3 is 2.64 bits per heavy atom. The SMILES string of the molecule is COc1ccc(CCC(=O)N(C)Cc2ccccc2[N+](=O)[O-])cc1Br. The number of hydrogen-bond donors (Lipinski definition) is 0. The topological polar surface area (TPSA) is 72.7 Å². The second kappa shape index (κ2) is 8.62. The van der Waals surface area contributed by atoms with Gasteiger partial charge in [-0.25, -0.2) is 0 Å². The number of nitrogens with zero attached hydrogens (tertiary/aromatic N) is 2. The van der Waals surface area contributed by atoms with Crippen LogP contribution in [0.4, 0.5) is 5.69 Å². The molecule has 0 saturated carbocycles. The number of carbonyl (C=O) groups is 1. The fraction of sp³-hybridized carbons (Fsp3) is 0.278. The lowest BCUT2D eigenvalue weighted by Gasteiger charge is -2.17. The van der Waals surface area contributed by atoms with E-state index in [2.05, 4.69) is 15.9 Å². The Kier molecular flexibility index (Phi) is 6.52. The van der Waals surface area contributed by atoms with E-state index < -0.39 is 4.92 Å². The molecule has 0 heterocycles. The minimum Gasteiger partial charge on any atom is -0.496 e. The van der Waals surface area contributed by atoms with Crippen molar-refractivity contribution in [1.82, 2.24) is 4.90 Å². The van der Waals surface area contributed by atoms with E-state index in [1.807, 2.05) is 18.2 Å². The van der Waals surface area contributed by atoms with E-state index in [1.165, 1.54) is 11.0 Å². The van der Waals surface area contributed by atoms with E-state index in [4.69, 9.17) is 4.74 Å². The summed E-state index contributed by atoms with van der Waals surface area (Å²) < 4.78 is 6.02. The van der Waals surface area contributed by atoms with Crippen molar-refractivity contribution in [3.8, 4) is 5.75 Å². The van der Waals surface area contributed by atoms with Crippen molar-refractivity contribution in [2.75, 3.05) is 14.2 Å². The molecule has 0 atom stereocenters. The van der Waals surface area contributed by atoms with Gasteiger partial charge in [-0.3, -0.25) is 14.9 Å². The van der Waals surface area contributed by atoms with Gasteiger partial charge in [-0.05, 0) is 40.0 Å². The van der Waals surface area contributed by atoms with Crippen molar-refractivity contribution in [3.63, 3.8) is 0 Å². The number of amides is 1. The number of carbonyl (C=O) groups excluding carboxylic acids is 1. The number of ether oxygens (including phenoxy) is 1. The van der Waals surface area contributed by atoms with Crippen LogP contribution in [0, 0.1) is 10.1 Å². The molecule has 7 heteroatoms. The van der Waals surface area contributed by atoms with E-state index >= 15 is 0 Å². The predicted octanol–water partition coefficient (Wildman–Crippen LogP) is 3.96.